The molecule has 1 aliphatic heterocycles. The second-order valence-corrected chi connectivity index (χ2v) is 5.33. The molecule has 1 fully saturated rings. The zero-order valence-corrected chi connectivity index (χ0v) is 11.7. The van der Waals surface area contributed by atoms with Crippen LogP contribution >= 0.6 is 0 Å². The molecule has 0 amide bonds. The van der Waals surface area contributed by atoms with E-state index < -0.39 is 0 Å². The molecular formula is C14H20N6. The van der Waals surface area contributed by atoms with E-state index in [-0.39, 0.29) is 0 Å². The summed E-state index contributed by atoms with van der Waals surface area (Å²) in [6.45, 7) is 6.86. The van der Waals surface area contributed by atoms with Crippen LogP contribution in [0, 0.1) is 0 Å². The molecule has 2 heterocycles. The first-order valence-electron chi connectivity index (χ1n) is 7.06. The Morgan fingerprint density at radius 3 is 2.90 bits per heavy atom. The lowest BCUT2D eigenvalue weighted by atomic mass is 10.2. The summed E-state index contributed by atoms with van der Waals surface area (Å²) in [6.07, 6.45) is 0. The quantitative estimate of drug-likeness (QED) is 0.879. The van der Waals surface area contributed by atoms with Crippen molar-refractivity contribution in [2.24, 2.45) is 0 Å². The molecule has 1 N–H and O–H groups in total. The lowest BCUT2D eigenvalue weighted by molar-refractivity contribution is 0.192. The fourth-order valence-electron chi connectivity index (χ4n) is 2.57. The van der Waals surface area contributed by atoms with Gasteiger partial charge in [-0.05, 0) is 22.9 Å². The number of rotatable bonds is 4. The number of hydrogen-bond donors (Lipinski definition) is 1. The zero-order valence-electron chi connectivity index (χ0n) is 11.7. The van der Waals surface area contributed by atoms with E-state index in [1.165, 1.54) is 5.56 Å². The molecule has 0 spiro atoms. The lowest BCUT2D eigenvalue weighted by Gasteiger charge is -2.31. The van der Waals surface area contributed by atoms with Crippen molar-refractivity contribution in [3.05, 3.63) is 41.7 Å². The molecule has 3 rings (SSSR count). The second-order valence-electron chi connectivity index (χ2n) is 5.33. The van der Waals surface area contributed by atoms with Gasteiger partial charge in [-0.2, -0.15) is 0 Å². The molecule has 1 atom stereocenters. The Kier molecular flexibility index (Phi) is 4.03. The van der Waals surface area contributed by atoms with Crippen LogP contribution < -0.4 is 5.32 Å². The topological polar surface area (TPSA) is 58.9 Å². The van der Waals surface area contributed by atoms with Crippen molar-refractivity contribution in [1.29, 1.82) is 0 Å². The maximum absolute atomic E-state index is 4.17. The molecule has 0 saturated carbocycles. The first kappa shape index (κ1) is 13.2. The second kappa shape index (κ2) is 6.11. The largest absolute Gasteiger partial charge is 0.312 e. The number of nitrogens with zero attached hydrogens (tertiary/aromatic N) is 5. The number of aromatic nitrogens is 4. The maximum atomic E-state index is 4.17. The normalized spacial score (nSPS) is 20.1. The summed E-state index contributed by atoms with van der Waals surface area (Å²) in [7, 11) is 0. The van der Waals surface area contributed by atoms with Gasteiger partial charge in [0.1, 0.15) is 0 Å². The number of tetrazole rings is 1. The van der Waals surface area contributed by atoms with Gasteiger partial charge >= 0.3 is 0 Å². The van der Waals surface area contributed by atoms with Crippen LogP contribution in [0.3, 0.4) is 0 Å². The molecule has 2 aromatic rings. The molecule has 1 aliphatic rings. The van der Waals surface area contributed by atoms with Gasteiger partial charge in [0.2, 0.25) is 0 Å². The van der Waals surface area contributed by atoms with Crippen LogP contribution in [0.15, 0.2) is 30.3 Å². The molecule has 1 aromatic heterocycles. The standard InChI is InChI=1S/C14H20N6/c1-12-9-19(8-7-15-12)11-14-16-17-18-20(14)10-13-5-3-2-4-6-13/h2-6,12,15H,7-11H2,1H3/t12-/m1/s1. The predicted molar refractivity (Wildman–Crippen MR) is 76.1 cm³/mol. The minimum atomic E-state index is 0.530. The summed E-state index contributed by atoms with van der Waals surface area (Å²) in [5, 5.41) is 15.5. The molecule has 0 bridgehead atoms. The minimum absolute atomic E-state index is 0.530. The Morgan fingerprint density at radius 1 is 1.25 bits per heavy atom. The van der Waals surface area contributed by atoms with E-state index in [0.717, 1.165) is 38.5 Å². The van der Waals surface area contributed by atoms with Crippen LogP contribution in [0.5, 0.6) is 0 Å². The number of benzene rings is 1. The van der Waals surface area contributed by atoms with Crippen LogP contribution in [-0.4, -0.2) is 50.8 Å². The molecular weight excluding hydrogens is 252 g/mol. The molecule has 6 heteroatoms. The van der Waals surface area contributed by atoms with Gasteiger partial charge in [0.25, 0.3) is 0 Å². The van der Waals surface area contributed by atoms with Crippen molar-refractivity contribution in [3.8, 4) is 0 Å². The van der Waals surface area contributed by atoms with E-state index in [2.05, 4.69) is 44.8 Å². The van der Waals surface area contributed by atoms with Crippen molar-refractivity contribution >= 4 is 0 Å². The molecule has 20 heavy (non-hydrogen) atoms. The van der Waals surface area contributed by atoms with Gasteiger partial charge in [-0.25, -0.2) is 4.68 Å². The van der Waals surface area contributed by atoms with Gasteiger partial charge in [-0.15, -0.1) is 5.10 Å². The van der Waals surface area contributed by atoms with Crippen molar-refractivity contribution in [1.82, 2.24) is 30.4 Å². The molecule has 0 radical (unpaired) electrons. The van der Waals surface area contributed by atoms with E-state index in [0.29, 0.717) is 6.04 Å². The van der Waals surface area contributed by atoms with Gasteiger partial charge < -0.3 is 5.32 Å². The van der Waals surface area contributed by atoms with E-state index in [9.17, 15) is 0 Å². The van der Waals surface area contributed by atoms with Gasteiger partial charge in [0, 0.05) is 25.7 Å². The van der Waals surface area contributed by atoms with Gasteiger partial charge in [0.05, 0.1) is 13.1 Å². The Balaban J connectivity index is 1.67. The highest BCUT2D eigenvalue weighted by Gasteiger charge is 2.18. The van der Waals surface area contributed by atoms with Crippen molar-refractivity contribution in [2.75, 3.05) is 19.6 Å². The fraction of sp³-hybridized carbons (Fsp3) is 0.500. The van der Waals surface area contributed by atoms with Crippen LogP contribution in [0.4, 0.5) is 0 Å². The molecule has 0 aliphatic carbocycles. The Labute approximate surface area is 118 Å². The average Bonchev–Trinajstić information content (AvgIpc) is 2.87. The van der Waals surface area contributed by atoms with Crippen LogP contribution in [0.2, 0.25) is 0 Å². The SMILES string of the molecule is C[C@@H]1CN(Cc2nnnn2Cc2ccccc2)CCN1. The number of hydrogen-bond acceptors (Lipinski definition) is 5. The van der Waals surface area contributed by atoms with Crippen LogP contribution in [-0.2, 0) is 13.1 Å². The van der Waals surface area contributed by atoms with E-state index in [1.807, 2.05) is 22.9 Å². The van der Waals surface area contributed by atoms with Crippen molar-refractivity contribution in [2.45, 2.75) is 26.1 Å². The van der Waals surface area contributed by atoms with Crippen molar-refractivity contribution < 1.29 is 0 Å². The molecule has 1 saturated heterocycles. The van der Waals surface area contributed by atoms with Crippen LogP contribution in [0.25, 0.3) is 0 Å². The summed E-state index contributed by atoms with van der Waals surface area (Å²) in [6, 6.07) is 10.8. The monoisotopic (exact) mass is 272 g/mol. The van der Waals surface area contributed by atoms with Crippen molar-refractivity contribution in [3.63, 3.8) is 0 Å². The highest BCUT2D eigenvalue weighted by atomic mass is 15.5. The summed E-state index contributed by atoms with van der Waals surface area (Å²) >= 11 is 0. The lowest BCUT2D eigenvalue weighted by Crippen LogP contribution is -2.48. The third-order valence-electron chi connectivity index (χ3n) is 3.60. The Bertz CT molecular complexity index is 538. The summed E-state index contributed by atoms with van der Waals surface area (Å²) in [4.78, 5) is 2.40. The maximum Gasteiger partial charge on any atom is 0.165 e. The molecule has 6 nitrogen and oxygen atoms in total. The fourth-order valence-corrected chi connectivity index (χ4v) is 2.57. The third kappa shape index (κ3) is 3.20. The minimum Gasteiger partial charge on any atom is -0.312 e. The Hall–Kier alpha value is -1.79. The molecule has 0 unspecified atom stereocenters. The van der Waals surface area contributed by atoms with E-state index >= 15 is 0 Å². The van der Waals surface area contributed by atoms with Gasteiger partial charge in [-0.1, -0.05) is 30.3 Å². The van der Waals surface area contributed by atoms with Gasteiger partial charge in [-0.3, -0.25) is 4.90 Å². The smallest absolute Gasteiger partial charge is 0.165 e. The summed E-state index contributed by atoms with van der Waals surface area (Å²) in [5.41, 5.74) is 1.22. The zero-order chi connectivity index (χ0) is 13.8. The highest BCUT2D eigenvalue weighted by Crippen LogP contribution is 2.07. The molecule has 106 valence electrons. The van der Waals surface area contributed by atoms with Crippen LogP contribution in [0.1, 0.15) is 18.3 Å². The third-order valence-corrected chi connectivity index (χ3v) is 3.60. The number of piperazine rings is 1. The number of nitrogens with one attached hydrogen (secondary N) is 1. The van der Waals surface area contributed by atoms with Gasteiger partial charge in [0.15, 0.2) is 5.82 Å². The van der Waals surface area contributed by atoms with E-state index in [4.69, 9.17) is 0 Å². The first-order chi connectivity index (χ1) is 9.81. The highest BCUT2D eigenvalue weighted by molar-refractivity contribution is 5.14. The summed E-state index contributed by atoms with van der Waals surface area (Å²) in [5.74, 6) is 0.933. The summed E-state index contributed by atoms with van der Waals surface area (Å²) < 4.78 is 1.89. The predicted octanol–water partition coefficient (Wildman–Crippen LogP) is 0.515. The molecule has 1 aromatic carbocycles. The first-order valence-corrected chi connectivity index (χ1v) is 7.06. The van der Waals surface area contributed by atoms with E-state index in [1.54, 1.807) is 0 Å². The Morgan fingerprint density at radius 2 is 2.10 bits per heavy atom. The average molecular weight is 272 g/mol.